The number of aromatic nitrogens is 9. The smallest absolute Gasteiger partial charge is 0.291 e. The van der Waals surface area contributed by atoms with Gasteiger partial charge in [-0.25, -0.2) is 19.9 Å². The van der Waals surface area contributed by atoms with Crippen molar-refractivity contribution < 1.29 is 9.59 Å². The van der Waals surface area contributed by atoms with E-state index in [-0.39, 0.29) is 41.3 Å². The van der Waals surface area contributed by atoms with Crippen molar-refractivity contribution in [3.63, 3.8) is 0 Å². The van der Waals surface area contributed by atoms with Gasteiger partial charge in [0, 0.05) is 47.7 Å². The standard InChI is InChI=1S/C26H25N11O2/c1-14(38)21-22(16-8-17-3-4-18(9-16)36(17)26(39)24-30-12-31-34-24)33-25-19(11-32-37(25)23(21)27)15-2-5-20(29-10-15)35-7-6-28-13-35/h2,5-7,10-13,16-18H,3-4,8-9,27H2,1H3,(H,30,31,34). The van der Waals surface area contributed by atoms with Crippen LogP contribution in [0.3, 0.4) is 0 Å². The Labute approximate surface area is 222 Å². The molecule has 0 radical (unpaired) electrons. The van der Waals surface area contributed by atoms with Gasteiger partial charge in [-0.3, -0.25) is 19.3 Å². The summed E-state index contributed by atoms with van der Waals surface area (Å²) in [5, 5.41) is 11.0. The lowest BCUT2D eigenvalue weighted by Crippen LogP contribution is -2.46. The first kappa shape index (κ1) is 23.2. The first-order valence-electron chi connectivity index (χ1n) is 12.8. The third-order valence-corrected chi connectivity index (χ3v) is 7.86. The van der Waals surface area contributed by atoms with Gasteiger partial charge in [0.1, 0.15) is 24.3 Å². The number of anilines is 1. The maximum absolute atomic E-state index is 13.1. The van der Waals surface area contributed by atoms with Crippen LogP contribution in [-0.4, -0.2) is 73.0 Å². The molecule has 0 spiro atoms. The van der Waals surface area contributed by atoms with E-state index in [9.17, 15) is 9.59 Å². The minimum absolute atomic E-state index is 0.0229. The predicted molar refractivity (Wildman–Crippen MR) is 139 cm³/mol. The Kier molecular flexibility index (Phi) is 5.25. The summed E-state index contributed by atoms with van der Waals surface area (Å²) in [6.07, 6.45) is 13.2. The van der Waals surface area contributed by atoms with Gasteiger partial charge in [0.25, 0.3) is 5.91 Å². The quantitative estimate of drug-likeness (QED) is 0.329. The maximum Gasteiger partial charge on any atom is 0.291 e. The molecule has 7 rings (SSSR count). The molecule has 2 atom stereocenters. The molecule has 5 aromatic heterocycles. The van der Waals surface area contributed by atoms with Crippen LogP contribution in [0.4, 0.5) is 5.82 Å². The topological polar surface area (TPSA) is 166 Å². The second kappa shape index (κ2) is 8.82. The van der Waals surface area contributed by atoms with Crippen molar-refractivity contribution in [1.29, 1.82) is 0 Å². The average Bonchev–Trinajstić information content (AvgIpc) is 3.75. The van der Waals surface area contributed by atoms with Gasteiger partial charge in [-0.1, -0.05) is 0 Å². The molecule has 2 fully saturated rings. The van der Waals surface area contributed by atoms with Crippen LogP contribution < -0.4 is 5.73 Å². The number of carbonyl (C=O) groups is 2. The van der Waals surface area contributed by atoms with Gasteiger partial charge >= 0.3 is 0 Å². The molecular weight excluding hydrogens is 498 g/mol. The van der Waals surface area contributed by atoms with E-state index in [1.165, 1.54) is 17.8 Å². The molecule has 0 aromatic carbocycles. The summed E-state index contributed by atoms with van der Waals surface area (Å²) in [5.74, 6) is 0.920. The molecule has 196 valence electrons. The Morgan fingerprint density at radius 1 is 1.10 bits per heavy atom. The fraction of sp³-hybridized carbons (Fsp3) is 0.308. The van der Waals surface area contributed by atoms with Gasteiger partial charge < -0.3 is 10.6 Å². The predicted octanol–water partition coefficient (Wildman–Crippen LogP) is 2.43. The second-order valence-corrected chi connectivity index (χ2v) is 10.1. The molecule has 3 N–H and O–H groups in total. The highest BCUT2D eigenvalue weighted by Gasteiger charge is 2.45. The molecule has 1 amide bonds. The van der Waals surface area contributed by atoms with E-state index >= 15 is 0 Å². The molecule has 39 heavy (non-hydrogen) atoms. The summed E-state index contributed by atoms with van der Waals surface area (Å²) >= 11 is 0. The van der Waals surface area contributed by atoms with Crippen LogP contribution in [0.2, 0.25) is 0 Å². The van der Waals surface area contributed by atoms with Gasteiger partial charge in [-0.2, -0.15) is 14.7 Å². The van der Waals surface area contributed by atoms with E-state index in [4.69, 9.17) is 10.7 Å². The van der Waals surface area contributed by atoms with Crippen molar-refractivity contribution in [2.75, 3.05) is 5.73 Å². The normalized spacial score (nSPS) is 20.5. The number of amides is 1. The molecule has 0 aliphatic carbocycles. The minimum atomic E-state index is -0.159. The number of aromatic amines is 1. The molecule has 13 heteroatoms. The third kappa shape index (κ3) is 3.68. The van der Waals surface area contributed by atoms with Crippen molar-refractivity contribution in [3.05, 3.63) is 66.7 Å². The Morgan fingerprint density at radius 3 is 2.56 bits per heavy atom. The molecule has 2 saturated heterocycles. The van der Waals surface area contributed by atoms with E-state index in [0.29, 0.717) is 29.7 Å². The number of pyridine rings is 1. The summed E-state index contributed by atoms with van der Waals surface area (Å²) < 4.78 is 3.34. The first-order chi connectivity index (χ1) is 19.0. The van der Waals surface area contributed by atoms with Crippen molar-refractivity contribution in [2.45, 2.75) is 50.6 Å². The van der Waals surface area contributed by atoms with E-state index < -0.39 is 0 Å². The van der Waals surface area contributed by atoms with Gasteiger partial charge in [-0.15, -0.1) is 0 Å². The third-order valence-electron chi connectivity index (χ3n) is 7.86. The number of nitrogens with two attached hydrogens (primary N) is 1. The lowest BCUT2D eigenvalue weighted by atomic mass is 9.85. The Balaban J connectivity index is 1.27. The Morgan fingerprint density at radius 2 is 1.92 bits per heavy atom. The van der Waals surface area contributed by atoms with Gasteiger partial charge in [0.15, 0.2) is 11.4 Å². The summed E-state index contributed by atoms with van der Waals surface area (Å²) in [4.78, 5) is 45.6. The number of Topliss-reactive ketones (excluding diaryl/α,β-unsaturated/α-hetero) is 1. The number of hydrogen-bond donors (Lipinski definition) is 2. The van der Waals surface area contributed by atoms with Crippen LogP contribution in [0.25, 0.3) is 22.6 Å². The maximum atomic E-state index is 13.1. The minimum Gasteiger partial charge on any atom is -0.383 e. The largest absolute Gasteiger partial charge is 0.383 e. The highest BCUT2D eigenvalue weighted by atomic mass is 16.2. The number of fused-ring (bicyclic) bond motifs is 3. The lowest BCUT2D eigenvalue weighted by molar-refractivity contribution is 0.0556. The molecule has 5 aromatic rings. The average molecular weight is 524 g/mol. The molecule has 0 saturated carbocycles. The molecule has 7 heterocycles. The zero-order chi connectivity index (χ0) is 26.7. The number of carbonyl (C=O) groups excluding carboxylic acids is 2. The van der Waals surface area contributed by atoms with Crippen molar-refractivity contribution >= 4 is 23.2 Å². The molecule has 2 bridgehead atoms. The second-order valence-electron chi connectivity index (χ2n) is 10.1. The fourth-order valence-electron chi connectivity index (χ4n) is 6.15. The summed E-state index contributed by atoms with van der Waals surface area (Å²) in [6, 6.07) is 3.89. The number of rotatable bonds is 5. The van der Waals surface area contributed by atoms with Crippen molar-refractivity contribution in [2.24, 2.45) is 0 Å². The van der Waals surface area contributed by atoms with Gasteiger partial charge in [0.05, 0.1) is 17.5 Å². The zero-order valence-corrected chi connectivity index (χ0v) is 21.1. The SMILES string of the molecule is CC(=O)c1c(C2CC3CCC(C2)N3C(=O)c2ncn[nH]2)nc2c(-c3ccc(-n4ccnc4)nc3)cnn2c1N. The van der Waals surface area contributed by atoms with Crippen LogP contribution in [-0.2, 0) is 0 Å². The highest BCUT2D eigenvalue weighted by molar-refractivity contribution is 6.00. The van der Waals surface area contributed by atoms with Crippen LogP contribution in [0.5, 0.6) is 0 Å². The number of piperidine rings is 1. The number of ketones is 1. The van der Waals surface area contributed by atoms with Crippen LogP contribution >= 0.6 is 0 Å². The van der Waals surface area contributed by atoms with Crippen LogP contribution in [0.15, 0.2) is 49.6 Å². The molecule has 2 unspecified atom stereocenters. The number of imidazole rings is 1. The number of H-pyrrole nitrogens is 1. The molecule has 13 nitrogen and oxygen atoms in total. The Bertz CT molecular complexity index is 1680. The number of nitrogens with one attached hydrogen (secondary N) is 1. The lowest BCUT2D eigenvalue weighted by Gasteiger charge is -2.38. The van der Waals surface area contributed by atoms with Gasteiger partial charge in [0.2, 0.25) is 5.82 Å². The van der Waals surface area contributed by atoms with E-state index in [1.54, 1.807) is 24.9 Å². The van der Waals surface area contributed by atoms with E-state index in [0.717, 1.165) is 29.8 Å². The number of nitrogen functional groups attached to an aromatic ring is 1. The zero-order valence-electron chi connectivity index (χ0n) is 21.1. The Hall–Kier alpha value is -4.94. The highest BCUT2D eigenvalue weighted by Crippen LogP contribution is 2.45. The van der Waals surface area contributed by atoms with Crippen molar-refractivity contribution in [3.8, 4) is 16.9 Å². The van der Waals surface area contributed by atoms with Crippen LogP contribution in [0.1, 0.15) is 65.2 Å². The summed E-state index contributed by atoms with van der Waals surface area (Å²) in [6.45, 7) is 1.50. The summed E-state index contributed by atoms with van der Waals surface area (Å²) in [7, 11) is 0. The first-order valence-corrected chi connectivity index (χ1v) is 12.8. The van der Waals surface area contributed by atoms with Crippen LogP contribution in [0, 0.1) is 0 Å². The summed E-state index contributed by atoms with van der Waals surface area (Å²) in [5.41, 5.74) is 9.79. The number of hydrogen-bond acceptors (Lipinski definition) is 9. The molecule has 2 aliphatic rings. The molecular formula is C26H25N11O2. The van der Waals surface area contributed by atoms with E-state index in [1.807, 2.05) is 27.8 Å². The molecule has 2 aliphatic heterocycles. The van der Waals surface area contributed by atoms with Crippen molar-refractivity contribution in [1.82, 2.24) is 49.2 Å². The van der Waals surface area contributed by atoms with Gasteiger partial charge in [-0.05, 0) is 44.7 Å². The number of nitrogens with zero attached hydrogens (tertiary/aromatic N) is 9. The monoisotopic (exact) mass is 523 g/mol. The van der Waals surface area contributed by atoms with E-state index in [2.05, 4.69) is 30.2 Å². The fourth-order valence-corrected chi connectivity index (χ4v) is 6.15.